The van der Waals surface area contributed by atoms with E-state index in [1.54, 1.807) is 0 Å². The summed E-state index contributed by atoms with van der Waals surface area (Å²) in [6.45, 7) is 3.66. The minimum absolute atomic E-state index is 0.00644. The molecule has 1 aromatic rings. The molecule has 0 heterocycles. The summed E-state index contributed by atoms with van der Waals surface area (Å²) < 4.78 is 39.7. The van der Waals surface area contributed by atoms with E-state index in [-0.39, 0.29) is 11.4 Å². The molecule has 7 nitrogen and oxygen atoms in total. The number of nitro groups is 1. The van der Waals surface area contributed by atoms with E-state index in [4.69, 9.17) is 5.73 Å². The summed E-state index contributed by atoms with van der Waals surface area (Å²) in [7, 11) is -3.99. The van der Waals surface area contributed by atoms with Crippen LogP contribution in [0.5, 0.6) is 0 Å². The number of halogens is 1. The molecule has 0 radical (unpaired) electrons. The Morgan fingerprint density at radius 1 is 1.38 bits per heavy atom. The van der Waals surface area contributed by atoms with Crippen LogP contribution in [0, 0.1) is 15.9 Å². The molecular formula is C12H18FN3O4S. The predicted octanol–water partition coefficient (Wildman–Crippen LogP) is 1.53. The number of nitro benzene ring substituents is 1. The fourth-order valence-corrected chi connectivity index (χ4v) is 2.78. The predicted molar refractivity (Wildman–Crippen MR) is 75.7 cm³/mol. The van der Waals surface area contributed by atoms with Gasteiger partial charge in [-0.25, -0.2) is 13.1 Å². The number of nitrogens with one attached hydrogen (secondary N) is 1. The molecule has 0 fully saturated rings. The molecule has 0 saturated heterocycles. The monoisotopic (exact) mass is 319 g/mol. The van der Waals surface area contributed by atoms with E-state index in [0.717, 1.165) is 12.1 Å². The van der Waals surface area contributed by atoms with Gasteiger partial charge in [0.25, 0.3) is 0 Å². The van der Waals surface area contributed by atoms with Crippen molar-refractivity contribution < 1.29 is 17.7 Å². The molecule has 0 amide bonds. The van der Waals surface area contributed by atoms with Crippen LogP contribution in [0.1, 0.15) is 26.7 Å². The Morgan fingerprint density at radius 2 is 1.95 bits per heavy atom. The van der Waals surface area contributed by atoms with Crippen LogP contribution in [-0.4, -0.2) is 25.4 Å². The Hall–Kier alpha value is -1.58. The molecule has 0 aliphatic rings. The second-order valence-electron chi connectivity index (χ2n) is 4.76. The van der Waals surface area contributed by atoms with E-state index in [1.807, 2.05) is 13.8 Å². The van der Waals surface area contributed by atoms with Gasteiger partial charge in [0.05, 0.1) is 9.82 Å². The highest BCUT2D eigenvalue weighted by Crippen LogP contribution is 2.21. The van der Waals surface area contributed by atoms with E-state index in [1.165, 1.54) is 0 Å². The maximum absolute atomic E-state index is 13.2. The summed E-state index contributed by atoms with van der Waals surface area (Å²) in [5.41, 5.74) is 4.41. The Bertz CT molecular complexity index is 629. The van der Waals surface area contributed by atoms with E-state index < -0.39 is 32.0 Å². The Morgan fingerprint density at radius 3 is 2.43 bits per heavy atom. The van der Waals surface area contributed by atoms with Crippen LogP contribution in [0.2, 0.25) is 0 Å². The number of hydrogen-bond acceptors (Lipinski definition) is 5. The molecule has 1 aromatic carbocycles. The van der Waals surface area contributed by atoms with Gasteiger partial charge in [0.1, 0.15) is 0 Å². The van der Waals surface area contributed by atoms with Gasteiger partial charge in [0, 0.05) is 18.2 Å². The second-order valence-corrected chi connectivity index (χ2v) is 6.53. The fraction of sp³-hybridized carbons (Fsp3) is 0.500. The fourth-order valence-electron chi connectivity index (χ4n) is 1.62. The van der Waals surface area contributed by atoms with Gasteiger partial charge in [-0.1, -0.05) is 13.8 Å². The smallest absolute Gasteiger partial charge is 0.306 e. The first kappa shape index (κ1) is 17.5. The van der Waals surface area contributed by atoms with Crippen molar-refractivity contribution in [2.24, 2.45) is 5.73 Å². The second kappa shape index (κ2) is 6.46. The standard InChI is InChI=1S/C12H18FN3O4S/c1-3-12(14,4-2)8-15-21(19,20)9-5-6-10(13)11(7-9)16(17)18/h5-7,15H,3-4,8,14H2,1-2H3. The molecule has 0 unspecified atom stereocenters. The van der Waals surface area contributed by atoms with E-state index >= 15 is 0 Å². The highest BCUT2D eigenvalue weighted by Gasteiger charge is 2.26. The van der Waals surface area contributed by atoms with E-state index in [2.05, 4.69) is 4.72 Å². The van der Waals surface area contributed by atoms with Gasteiger partial charge in [0.2, 0.25) is 15.8 Å². The topological polar surface area (TPSA) is 115 Å². The van der Waals surface area contributed by atoms with Crippen molar-refractivity contribution in [2.45, 2.75) is 37.1 Å². The molecule has 0 aliphatic carbocycles. The molecule has 0 bridgehead atoms. The molecule has 0 aliphatic heterocycles. The van der Waals surface area contributed by atoms with Crippen LogP contribution in [0.3, 0.4) is 0 Å². The summed E-state index contributed by atoms with van der Waals surface area (Å²) in [5.74, 6) is -1.09. The third kappa shape index (κ3) is 4.19. The number of nitrogens with zero attached hydrogens (tertiary/aromatic N) is 1. The average Bonchev–Trinajstić information content (AvgIpc) is 2.45. The third-order valence-corrected chi connectivity index (χ3v) is 4.85. The Kier molecular flexibility index (Phi) is 5.37. The molecule has 0 aromatic heterocycles. The number of sulfonamides is 1. The maximum Gasteiger partial charge on any atom is 0.306 e. The first-order valence-electron chi connectivity index (χ1n) is 6.37. The summed E-state index contributed by atoms with van der Waals surface area (Å²) in [6.07, 6.45) is 1.13. The Labute approximate surface area is 122 Å². The lowest BCUT2D eigenvalue weighted by Crippen LogP contribution is -2.49. The van der Waals surface area contributed by atoms with Crippen molar-refractivity contribution in [3.63, 3.8) is 0 Å². The summed E-state index contributed by atoms with van der Waals surface area (Å²) in [4.78, 5) is 9.30. The Balaban J connectivity index is 3.04. The molecule has 0 spiro atoms. The zero-order valence-corrected chi connectivity index (χ0v) is 12.6. The van der Waals surface area contributed by atoms with Crippen molar-refractivity contribution >= 4 is 15.7 Å². The molecule has 9 heteroatoms. The minimum atomic E-state index is -3.99. The van der Waals surface area contributed by atoms with Gasteiger partial charge < -0.3 is 5.73 Å². The number of rotatable bonds is 7. The maximum atomic E-state index is 13.2. The van der Waals surface area contributed by atoms with Gasteiger partial charge in [-0.05, 0) is 25.0 Å². The first-order chi connectivity index (χ1) is 9.65. The summed E-state index contributed by atoms with van der Waals surface area (Å²) >= 11 is 0. The molecule has 0 atom stereocenters. The van der Waals surface area contributed by atoms with E-state index in [0.29, 0.717) is 18.9 Å². The van der Waals surface area contributed by atoms with Crippen molar-refractivity contribution in [2.75, 3.05) is 6.54 Å². The van der Waals surface area contributed by atoms with E-state index in [9.17, 15) is 22.9 Å². The zero-order valence-electron chi connectivity index (χ0n) is 11.8. The lowest BCUT2D eigenvalue weighted by Gasteiger charge is -2.26. The van der Waals surface area contributed by atoms with Crippen LogP contribution in [0.4, 0.5) is 10.1 Å². The van der Waals surface area contributed by atoms with Crippen LogP contribution in [0.25, 0.3) is 0 Å². The molecule has 118 valence electrons. The quantitative estimate of drug-likeness (QED) is 0.584. The van der Waals surface area contributed by atoms with Gasteiger partial charge >= 0.3 is 5.69 Å². The largest absolute Gasteiger partial charge is 0.324 e. The highest BCUT2D eigenvalue weighted by molar-refractivity contribution is 7.89. The SMILES string of the molecule is CCC(N)(CC)CNS(=O)(=O)c1ccc(F)c([N+](=O)[O-])c1. The third-order valence-electron chi connectivity index (χ3n) is 3.45. The summed E-state index contributed by atoms with van der Waals surface area (Å²) in [6, 6.07) is 2.41. The van der Waals surface area contributed by atoms with Crippen molar-refractivity contribution in [1.82, 2.24) is 4.72 Å². The molecule has 21 heavy (non-hydrogen) atoms. The van der Waals surface area contributed by atoms with Crippen LogP contribution in [0.15, 0.2) is 23.1 Å². The lowest BCUT2D eigenvalue weighted by atomic mass is 9.95. The summed E-state index contributed by atoms with van der Waals surface area (Å²) in [5, 5.41) is 10.6. The van der Waals surface area contributed by atoms with Crippen LogP contribution >= 0.6 is 0 Å². The number of nitrogens with two attached hydrogens (primary N) is 1. The lowest BCUT2D eigenvalue weighted by molar-refractivity contribution is -0.387. The number of benzene rings is 1. The minimum Gasteiger partial charge on any atom is -0.324 e. The normalized spacial score (nSPS) is 12.4. The molecule has 3 N–H and O–H groups in total. The van der Waals surface area contributed by atoms with Gasteiger partial charge in [-0.15, -0.1) is 0 Å². The molecule has 1 rings (SSSR count). The van der Waals surface area contributed by atoms with Crippen molar-refractivity contribution in [3.05, 3.63) is 34.1 Å². The first-order valence-corrected chi connectivity index (χ1v) is 7.86. The van der Waals surface area contributed by atoms with Gasteiger partial charge in [-0.2, -0.15) is 4.39 Å². The average molecular weight is 319 g/mol. The van der Waals surface area contributed by atoms with Crippen LogP contribution in [-0.2, 0) is 10.0 Å². The van der Waals surface area contributed by atoms with Gasteiger partial charge in [0.15, 0.2) is 0 Å². The van der Waals surface area contributed by atoms with Crippen LogP contribution < -0.4 is 10.5 Å². The van der Waals surface area contributed by atoms with Crippen molar-refractivity contribution in [1.29, 1.82) is 0 Å². The number of hydrogen-bond donors (Lipinski definition) is 2. The molecule has 0 saturated carbocycles. The molecular weight excluding hydrogens is 301 g/mol. The van der Waals surface area contributed by atoms with Gasteiger partial charge in [-0.3, -0.25) is 10.1 Å². The van der Waals surface area contributed by atoms with Crippen molar-refractivity contribution in [3.8, 4) is 0 Å². The zero-order chi connectivity index (χ0) is 16.3. The highest BCUT2D eigenvalue weighted by atomic mass is 32.2.